The first-order chi connectivity index (χ1) is 8.60. The number of aromatic nitrogens is 2. The highest BCUT2D eigenvalue weighted by Crippen LogP contribution is 2.21. The number of benzene rings is 1. The molecule has 0 fully saturated rings. The van der Waals surface area contributed by atoms with Gasteiger partial charge in [0.15, 0.2) is 0 Å². The maximum atomic E-state index is 13.7. The molecule has 2 rings (SSSR count). The van der Waals surface area contributed by atoms with Crippen molar-refractivity contribution < 1.29 is 4.39 Å². The van der Waals surface area contributed by atoms with Crippen LogP contribution in [0.1, 0.15) is 17.3 Å². The van der Waals surface area contributed by atoms with Crippen LogP contribution < -0.4 is 11.3 Å². The molecule has 0 saturated carbocycles. The molecule has 1 atom stereocenters. The van der Waals surface area contributed by atoms with Gasteiger partial charge < -0.3 is 0 Å². The predicted octanol–water partition coefficient (Wildman–Crippen LogP) is 2.07. The molecule has 0 radical (unpaired) electrons. The molecule has 2 aromatic rings. The summed E-state index contributed by atoms with van der Waals surface area (Å²) in [4.78, 5) is 0. The number of hydrogen-bond donors (Lipinski definition) is 2. The average molecular weight is 313 g/mol. The van der Waals surface area contributed by atoms with Crippen molar-refractivity contribution in [2.24, 2.45) is 12.9 Å². The normalized spacial score (nSPS) is 12.7. The topological polar surface area (TPSA) is 55.9 Å². The van der Waals surface area contributed by atoms with Crippen molar-refractivity contribution in [3.05, 3.63) is 52.0 Å². The van der Waals surface area contributed by atoms with Crippen molar-refractivity contribution in [1.29, 1.82) is 0 Å². The van der Waals surface area contributed by atoms with E-state index in [1.165, 1.54) is 6.07 Å². The lowest BCUT2D eigenvalue weighted by Crippen LogP contribution is -2.30. The second-order valence-corrected chi connectivity index (χ2v) is 4.99. The van der Waals surface area contributed by atoms with Crippen LogP contribution in [0.25, 0.3) is 0 Å². The minimum Gasteiger partial charge on any atom is -0.275 e. The molecule has 0 bridgehead atoms. The number of nitrogens with zero attached hydrogens (tertiary/aromatic N) is 2. The molecule has 0 amide bonds. The Bertz CT molecular complexity index is 541. The summed E-state index contributed by atoms with van der Waals surface area (Å²) in [6, 6.07) is 6.65. The molecule has 1 aromatic carbocycles. The molecule has 1 heterocycles. The van der Waals surface area contributed by atoms with Gasteiger partial charge in [-0.25, -0.2) is 4.39 Å². The lowest BCUT2D eigenvalue weighted by atomic mass is 10.0. The molecule has 1 unspecified atom stereocenters. The summed E-state index contributed by atoms with van der Waals surface area (Å²) in [6.07, 6.45) is 2.28. The molecule has 0 spiro atoms. The van der Waals surface area contributed by atoms with E-state index in [0.717, 1.165) is 10.2 Å². The van der Waals surface area contributed by atoms with Gasteiger partial charge in [0.1, 0.15) is 5.82 Å². The fourth-order valence-corrected chi connectivity index (χ4v) is 2.11. The molecule has 18 heavy (non-hydrogen) atoms. The zero-order valence-corrected chi connectivity index (χ0v) is 11.5. The Morgan fingerprint density at radius 2 is 2.28 bits per heavy atom. The van der Waals surface area contributed by atoms with E-state index < -0.39 is 0 Å². The molecule has 0 saturated heterocycles. The minimum absolute atomic E-state index is 0.207. The first-order valence-electron chi connectivity index (χ1n) is 5.49. The van der Waals surface area contributed by atoms with Crippen LogP contribution in [0, 0.1) is 5.82 Å². The number of nitrogens with one attached hydrogen (secondary N) is 1. The molecular weight excluding hydrogens is 299 g/mol. The summed E-state index contributed by atoms with van der Waals surface area (Å²) in [7, 11) is 1.83. The van der Waals surface area contributed by atoms with Crippen molar-refractivity contribution in [3.63, 3.8) is 0 Å². The number of halogens is 2. The van der Waals surface area contributed by atoms with E-state index in [9.17, 15) is 4.39 Å². The fourth-order valence-electron chi connectivity index (χ4n) is 1.77. The van der Waals surface area contributed by atoms with E-state index in [4.69, 9.17) is 5.84 Å². The van der Waals surface area contributed by atoms with E-state index in [1.807, 2.05) is 25.4 Å². The third kappa shape index (κ3) is 2.95. The summed E-state index contributed by atoms with van der Waals surface area (Å²) in [5, 5.41) is 4.27. The quantitative estimate of drug-likeness (QED) is 0.671. The summed E-state index contributed by atoms with van der Waals surface area (Å²) >= 11 is 3.23. The van der Waals surface area contributed by atoms with Crippen LogP contribution in [-0.2, 0) is 13.5 Å². The third-order valence-corrected chi connectivity index (χ3v) is 3.22. The second-order valence-electron chi connectivity index (χ2n) is 4.07. The van der Waals surface area contributed by atoms with E-state index in [-0.39, 0.29) is 11.9 Å². The van der Waals surface area contributed by atoms with Crippen LogP contribution in [-0.4, -0.2) is 9.78 Å². The smallest absolute Gasteiger partial charge is 0.127 e. The Labute approximate surface area is 113 Å². The first kappa shape index (κ1) is 13.2. The highest BCUT2D eigenvalue weighted by Gasteiger charge is 2.15. The molecular formula is C12H14BrFN4. The first-order valence-corrected chi connectivity index (χ1v) is 6.29. The summed E-state index contributed by atoms with van der Waals surface area (Å²) in [5.74, 6) is 5.26. The number of nitrogens with two attached hydrogens (primary N) is 1. The number of rotatable bonds is 4. The van der Waals surface area contributed by atoms with Crippen LogP contribution in [0.15, 0.2) is 34.9 Å². The van der Waals surface area contributed by atoms with Crippen molar-refractivity contribution in [3.8, 4) is 0 Å². The van der Waals surface area contributed by atoms with Crippen molar-refractivity contribution in [2.75, 3.05) is 0 Å². The van der Waals surface area contributed by atoms with Gasteiger partial charge in [-0.15, -0.1) is 0 Å². The molecule has 0 aliphatic carbocycles. The van der Waals surface area contributed by atoms with Gasteiger partial charge in [0.2, 0.25) is 0 Å². The maximum absolute atomic E-state index is 13.7. The van der Waals surface area contributed by atoms with Gasteiger partial charge in [0, 0.05) is 17.7 Å². The van der Waals surface area contributed by atoms with Crippen molar-refractivity contribution >= 4 is 15.9 Å². The van der Waals surface area contributed by atoms with Gasteiger partial charge in [-0.3, -0.25) is 16.0 Å². The lowest BCUT2D eigenvalue weighted by Gasteiger charge is -2.14. The Morgan fingerprint density at radius 1 is 1.50 bits per heavy atom. The Morgan fingerprint density at radius 3 is 2.83 bits per heavy atom. The van der Waals surface area contributed by atoms with Crippen LogP contribution in [0.3, 0.4) is 0 Å². The van der Waals surface area contributed by atoms with Gasteiger partial charge in [0.25, 0.3) is 0 Å². The highest BCUT2D eigenvalue weighted by molar-refractivity contribution is 9.10. The molecule has 96 valence electrons. The van der Waals surface area contributed by atoms with Crippen LogP contribution in [0.5, 0.6) is 0 Å². The zero-order chi connectivity index (χ0) is 13.1. The third-order valence-electron chi connectivity index (χ3n) is 2.73. The van der Waals surface area contributed by atoms with Crippen LogP contribution in [0.2, 0.25) is 0 Å². The molecule has 0 aliphatic rings. The Hall–Kier alpha value is -1.24. The van der Waals surface area contributed by atoms with E-state index in [2.05, 4.69) is 26.5 Å². The van der Waals surface area contributed by atoms with Crippen LogP contribution >= 0.6 is 15.9 Å². The SMILES string of the molecule is Cn1ccc(C(Cc2ccc(Br)cc2F)NN)n1. The van der Waals surface area contributed by atoms with Gasteiger partial charge in [0.05, 0.1) is 11.7 Å². The molecule has 3 N–H and O–H groups in total. The van der Waals surface area contributed by atoms with Gasteiger partial charge in [-0.1, -0.05) is 22.0 Å². The predicted molar refractivity (Wildman–Crippen MR) is 71.1 cm³/mol. The van der Waals surface area contributed by atoms with Crippen LogP contribution in [0.4, 0.5) is 4.39 Å². The standard InChI is InChI=1S/C12H14BrFN4/c1-18-5-4-11(17-18)12(16-15)6-8-2-3-9(13)7-10(8)14/h2-5,7,12,16H,6,15H2,1H3. The highest BCUT2D eigenvalue weighted by atomic mass is 79.9. The van der Waals surface area contributed by atoms with Crippen molar-refractivity contribution in [2.45, 2.75) is 12.5 Å². The van der Waals surface area contributed by atoms with Gasteiger partial charge >= 0.3 is 0 Å². The summed E-state index contributed by atoms with van der Waals surface area (Å²) in [6.45, 7) is 0. The monoisotopic (exact) mass is 312 g/mol. The van der Waals surface area contributed by atoms with E-state index in [0.29, 0.717) is 12.0 Å². The Kier molecular flexibility index (Phi) is 4.11. The van der Waals surface area contributed by atoms with E-state index >= 15 is 0 Å². The zero-order valence-electron chi connectivity index (χ0n) is 9.90. The van der Waals surface area contributed by atoms with Crippen molar-refractivity contribution in [1.82, 2.24) is 15.2 Å². The molecule has 4 nitrogen and oxygen atoms in total. The largest absolute Gasteiger partial charge is 0.275 e. The van der Waals surface area contributed by atoms with E-state index in [1.54, 1.807) is 10.7 Å². The molecule has 0 aliphatic heterocycles. The summed E-state index contributed by atoms with van der Waals surface area (Å²) in [5.41, 5.74) is 4.07. The van der Waals surface area contributed by atoms with Gasteiger partial charge in [-0.05, 0) is 30.2 Å². The fraction of sp³-hybridized carbons (Fsp3) is 0.250. The lowest BCUT2D eigenvalue weighted by molar-refractivity contribution is 0.512. The number of hydrazine groups is 1. The average Bonchev–Trinajstić information content (AvgIpc) is 2.75. The molecule has 6 heteroatoms. The number of hydrogen-bond acceptors (Lipinski definition) is 3. The summed E-state index contributed by atoms with van der Waals surface area (Å²) < 4.78 is 16.2. The van der Waals surface area contributed by atoms with Gasteiger partial charge in [-0.2, -0.15) is 5.10 Å². The number of aryl methyl sites for hydroxylation is 1. The molecule has 1 aromatic heterocycles. The second kappa shape index (κ2) is 5.60. The Balaban J connectivity index is 2.20. The maximum Gasteiger partial charge on any atom is 0.127 e. The minimum atomic E-state index is -0.249.